The van der Waals surface area contributed by atoms with Crippen molar-refractivity contribution in [1.82, 2.24) is 16.0 Å². The summed E-state index contributed by atoms with van der Waals surface area (Å²) in [5, 5.41) is 34.8. The van der Waals surface area contributed by atoms with Gasteiger partial charge in [-0.25, -0.2) is 4.79 Å². The average molecular weight is 467 g/mol. The van der Waals surface area contributed by atoms with E-state index in [4.69, 9.17) is 11.5 Å². The van der Waals surface area contributed by atoms with Crippen molar-refractivity contribution < 1.29 is 39.3 Å². The summed E-state index contributed by atoms with van der Waals surface area (Å²) in [4.78, 5) is 59.2. The number of amides is 4. The Morgan fingerprint density at radius 3 is 1.76 bits per heavy atom. The molecule has 33 heavy (non-hydrogen) atoms. The van der Waals surface area contributed by atoms with Gasteiger partial charge in [-0.1, -0.05) is 30.3 Å². The third-order valence-electron chi connectivity index (χ3n) is 4.57. The first-order valence-corrected chi connectivity index (χ1v) is 10.0. The molecule has 0 spiro atoms. The summed E-state index contributed by atoms with van der Waals surface area (Å²) in [5.74, 6) is -4.82. The molecule has 10 N–H and O–H groups in total. The number of benzene rings is 1. The van der Waals surface area contributed by atoms with E-state index in [9.17, 15) is 39.3 Å². The minimum atomic E-state index is -1.55. The van der Waals surface area contributed by atoms with E-state index in [0.717, 1.165) is 0 Å². The normalized spacial score (nSPS) is 14.3. The summed E-state index contributed by atoms with van der Waals surface area (Å²) < 4.78 is 0. The summed E-state index contributed by atoms with van der Waals surface area (Å²) in [6, 6.07) is 2.94. The van der Waals surface area contributed by atoms with Crippen molar-refractivity contribution in [3.05, 3.63) is 35.9 Å². The zero-order valence-electron chi connectivity index (χ0n) is 17.8. The molecule has 0 aromatic heterocycles. The van der Waals surface area contributed by atoms with E-state index in [-0.39, 0.29) is 19.3 Å². The van der Waals surface area contributed by atoms with Crippen molar-refractivity contribution in [3.8, 4) is 0 Å². The maximum atomic E-state index is 12.4. The number of carbonyl (C=O) groups is 5. The van der Waals surface area contributed by atoms with Crippen LogP contribution in [0.3, 0.4) is 0 Å². The van der Waals surface area contributed by atoms with E-state index >= 15 is 0 Å². The Morgan fingerprint density at radius 1 is 0.818 bits per heavy atom. The average Bonchev–Trinajstić information content (AvgIpc) is 2.78. The fourth-order valence-corrected chi connectivity index (χ4v) is 2.69. The number of nitrogens with one attached hydrogen (secondary N) is 3. The molecule has 4 amide bonds. The number of carboxylic acids is 1. The van der Waals surface area contributed by atoms with E-state index in [1.165, 1.54) is 0 Å². The molecule has 0 saturated carbocycles. The number of hydrogen-bond acceptors (Lipinski definition) is 8. The second-order valence-electron chi connectivity index (χ2n) is 7.19. The zero-order valence-corrected chi connectivity index (χ0v) is 17.8. The number of hydrogen-bond donors (Lipinski definition) is 8. The number of rotatable bonds is 14. The quantitative estimate of drug-likeness (QED) is 0.134. The maximum Gasteiger partial charge on any atom is 0.326 e. The molecule has 1 aromatic rings. The monoisotopic (exact) mass is 467 g/mol. The number of nitrogens with two attached hydrogens (primary N) is 2. The van der Waals surface area contributed by atoms with Gasteiger partial charge in [-0.3, -0.25) is 19.2 Å². The van der Waals surface area contributed by atoms with Crippen LogP contribution in [0.2, 0.25) is 0 Å². The predicted octanol–water partition coefficient (Wildman–Crippen LogP) is -3.65. The van der Waals surface area contributed by atoms with Gasteiger partial charge in [-0.05, 0) is 12.0 Å². The highest BCUT2D eigenvalue weighted by atomic mass is 16.4. The van der Waals surface area contributed by atoms with Gasteiger partial charge < -0.3 is 42.7 Å². The molecule has 0 aliphatic carbocycles. The van der Waals surface area contributed by atoms with Gasteiger partial charge in [-0.2, -0.15) is 0 Å². The first kappa shape index (κ1) is 27.5. The molecule has 182 valence electrons. The Morgan fingerprint density at radius 2 is 1.30 bits per heavy atom. The molecule has 0 aliphatic heterocycles. The summed E-state index contributed by atoms with van der Waals surface area (Å²) in [7, 11) is 0. The summed E-state index contributed by atoms with van der Waals surface area (Å²) in [6.45, 7) is -1.73. The first-order chi connectivity index (χ1) is 15.6. The van der Waals surface area contributed by atoms with Crippen LogP contribution in [0.25, 0.3) is 0 Å². The van der Waals surface area contributed by atoms with Crippen LogP contribution in [0.4, 0.5) is 0 Å². The molecule has 1 aromatic carbocycles. The standard InChI is InChI=1S/C20H29N5O8/c21-12(6-7-16(22)28)17(29)24-14(9-26)19(31)25-15(10-27)18(30)23-13(20(32)33)8-11-4-2-1-3-5-11/h1-5,12-15,26-27H,6-10,21H2,(H2,22,28)(H,23,30)(H,24,29)(H,25,31)(H,32,33). The van der Waals surface area contributed by atoms with Crippen LogP contribution >= 0.6 is 0 Å². The maximum absolute atomic E-state index is 12.4. The molecule has 0 saturated heterocycles. The lowest BCUT2D eigenvalue weighted by molar-refractivity contribution is -0.142. The molecule has 0 heterocycles. The summed E-state index contributed by atoms with van der Waals surface area (Å²) >= 11 is 0. The van der Waals surface area contributed by atoms with E-state index in [2.05, 4.69) is 16.0 Å². The van der Waals surface area contributed by atoms with Gasteiger partial charge >= 0.3 is 5.97 Å². The fraction of sp³-hybridized carbons (Fsp3) is 0.450. The molecular formula is C20H29N5O8. The molecule has 0 bridgehead atoms. The van der Waals surface area contributed by atoms with E-state index < -0.39 is 67.0 Å². The number of primary amides is 1. The summed E-state index contributed by atoms with van der Waals surface area (Å²) in [6.07, 6.45) is -0.280. The Balaban J connectivity index is 2.73. The Bertz CT molecular complexity index is 835. The van der Waals surface area contributed by atoms with Crippen molar-refractivity contribution in [2.45, 2.75) is 43.4 Å². The zero-order chi connectivity index (χ0) is 25.0. The largest absolute Gasteiger partial charge is 0.480 e. The topological polar surface area (TPSA) is 234 Å². The SMILES string of the molecule is NC(=O)CCC(N)C(=O)NC(CO)C(=O)NC(CO)C(=O)NC(Cc1ccccc1)C(=O)O. The van der Waals surface area contributed by atoms with E-state index in [1.54, 1.807) is 30.3 Å². The van der Waals surface area contributed by atoms with E-state index in [1.807, 2.05) is 0 Å². The molecule has 0 fully saturated rings. The number of aliphatic hydroxyl groups is 2. The fourth-order valence-electron chi connectivity index (χ4n) is 2.69. The third-order valence-corrected chi connectivity index (χ3v) is 4.57. The van der Waals surface area contributed by atoms with Crippen LogP contribution in [-0.2, 0) is 30.4 Å². The molecule has 4 unspecified atom stereocenters. The van der Waals surface area contributed by atoms with E-state index in [0.29, 0.717) is 5.56 Å². The highest BCUT2D eigenvalue weighted by Crippen LogP contribution is 2.04. The van der Waals surface area contributed by atoms with Gasteiger partial charge in [0.15, 0.2) is 0 Å². The van der Waals surface area contributed by atoms with Gasteiger partial charge in [-0.15, -0.1) is 0 Å². The predicted molar refractivity (Wildman–Crippen MR) is 114 cm³/mol. The van der Waals surface area contributed by atoms with Gasteiger partial charge in [0, 0.05) is 12.8 Å². The van der Waals surface area contributed by atoms with Gasteiger partial charge in [0.05, 0.1) is 19.3 Å². The van der Waals surface area contributed by atoms with Crippen LogP contribution in [0.15, 0.2) is 30.3 Å². The van der Waals surface area contributed by atoms with Crippen LogP contribution < -0.4 is 27.4 Å². The number of aliphatic hydroxyl groups excluding tert-OH is 2. The van der Waals surface area contributed by atoms with Crippen molar-refractivity contribution in [3.63, 3.8) is 0 Å². The highest BCUT2D eigenvalue weighted by Gasteiger charge is 2.30. The molecule has 13 heteroatoms. The third kappa shape index (κ3) is 9.64. The van der Waals surface area contributed by atoms with Crippen LogP contribution in [0.5, 0.6) is 0 Å². The Labute approximate surface area is 189 Å². The molecule has 0 aliphatic rings. The van der Waals surface area contributed by atoms with Crippen LogP contribution in [0, 0.1) is 0 Å². The van der Waals surface area contributed by atoms with Gasteiger partial charge in [0.1, 0.15) is 18.1 Å². The number of carbonyl (C=O) groups excluding carboxylic acids is 4. The first-order valence-electron chi connectivity index (χ1n) is 10.0. The molecule has 4 atom stereocenters. The minimum Gasteiger partial charge on any atom is -0.480 e. The minimum absolute atomic E-state index is 0.0352. The Kier molecular flexibility index (Phi) is 11.5. The number of carboxylic acid groups (broad SMARTS) is 1. The van der Waals surface area contributed by atoms with Crippen molar-refractivity contribution >= 4 is 29.6 Å². The lowest BCUT2D eigenvalue weighted by Crippen LogP contribution is -2.59. The van der Waals surface area contributed by atoms with Crippen molar-refractivity contribution in [1.29, 1.82) is 0 Å². The van der Waals surface area contributed by atoms with Crippen LogP contribution in [0.1, 0.15) is 18.4 Å². The smallest absolute Gasteiger partial charge is 0.326 e. The highest BCUT2D eigenvalue weighted by molar-refractivity contribution is 5.94. The summed E-state index contributed by atoms with van der Waals surface area (Å²) in [5.41, 5.74) is 11.2. The van der Waals surface area contributed by atoms with Crippen molar-refractivity contribution in [2.24, 2.45) is 11.5 Å². The molecule has 0 radical (unpaired) electrons. The second kappa shape index (κ2) is 13.8. The van der Waals surface area contributed by atoms with Crippen molar-refractivity contribution in [2.75, 3.05) is 13.2 Å². The van der Waals surface area contributed by atoms with Gasteiger partial charge in [0.2, 0.25) is 23.6 Å². The molecule has 1 rings (SSSR count). The van der Waals surface area contributed by atoms with Gasteiger partial charge in [0.25, 0.3) is 0 Å². The number of aliphatic carboxylic acids is 1. The molecule has 13 nitrogen and oxygen atoms in total. The molecular weight excluding hydrogens is 438 g/mol. The lowest BCUT2D eigenvalue weighted by Gasteiger charge is -2.23. The lowest BCUT2D eigenvalue weighted by atomic mass is 10.1. The van der Waals surface area contributed by atoms with Crippen LogP contribution in [-0.4, -0.2) is 82.3 Å². The Hall–Kier alpha value is -3.55. The second-order valence-corrected chi connectivity index (χ2v) is 7.19.